The summed E-state index contributed by atoms with van der Waals surface area (Å²) in [6.07, 6.45) is 3.98. The van der Waals surface area contributed by atoms with Crippen molar-refractivity contribution in [3.8, 4) is 0 Å². The Morgan fingerprint density at radius 1 is 0.882 bits per heavy atom. The highest BCUT2D eigenvalue weighted by Crippen LogP contribution is 2.24. The van der Waals surface area contributed by atoms with Gasteiger partial charge in [-0.25, -0.2) is 0 Å². The highest BCUT2D eigenvalue weighted by Gasteiger charge is 2.43. The first-order valence-electron chi connectivity index (χ1n) is 12.4. The number of carbonyl (C=O) groups is 2. The molecule has 34 heavy (non-hydrogen) atoms. The van der Waals surface area contributed by atoms with Gasteiger partial charge in [0.25, 0.3) is 0 Å². The van der Waals surface area contributed by atoms with Crippen LogP contribution in [0.1, 0.15) is 34.6 Å². The monoisotopic (exact) mass is 482 g/mol. The lowest BCUT2D eigenvalue weighted by molar-refractivity contribution is -0.155. The summed E-state index contributed by atoms with van der Waals surface area (Å²) in [4.78, 5) is 35.2. The predicted molar refractivity (Wildman–Crippen MR) is 132 cm³/mol. The van der Waals surface area contributed by atoms with Crippen molar-refractivity contribution in [3.63, 3.8) is 0 Å². The molecule has 0 aliphatic carbocycles. The van der Waals surface area contributed by atoms with Crippen molar-refractivity contribution in [2.24, 2.45) is 0 Å². The van der Waals surface area contributed by atoms with Crippen molar-refractivity contribution in [2.75, 3.05) is 39.3 Å². The van der Waals surface area contributed by atoms with Gasteiger partial charge in [0.1, 0.15) is 12.1 Å². The molecule has 1 aromatic heterocycles. The van der Waals surface area contributed by atoms with Crippen LogP contribution in [0.4, 0.5) is 0 Å². The minimum absolute atomic E-state index is 0.0303. The molecule has 0 unspecified atom stereocenters. The molecule has 0 radical (unpaired) electrons. The summed E-state index contributed by atoms with van der Waals surface area (Å²) in [5.74, 6) is -0.105. The normalized spacial score (nSPS) is 24.2. The molecule has 0 bridgehead atoms. The third-order valence-electron chi connectivity index (χ3n) is 6.99. The fourth-order valence-corrected chi connectivity index (χ4v) is 6.24. The van der Waals surface area contributed by atoms with Gasteiger partial charge in [0.2, 0.25) is 11.8 Å². The SMILES string of the molecule is O=C1N[C@@H](COCc2ccccc2)C(=O)N2CCN(Cc3ccc(CN4CCCCC4)s3)C[C@H]12. The van der Waals surface area contributed by atoms with Gasteiger partial charge in [-0.05, 0) is 43.6 Å². The number of piperazine rings is 2. The maximum Gasteiger partial charge on any atom is 0.248 e. The summed E-state index contributed by atoms with van der Waals surface area (Å²) < 4.78 is 5.74. The van der Waals surface area contributed by atoms with Gasteiger partial charge in [-0.15, -0.1) is 11.3 Å². The summed E-state index contributed by atoms with van der Waals surface area (Å²) in [5.41, 5.74) is 1.05. The summed E-state index contributed by atoms with van der Waals surface area (Å²) in [7, 11) is 0. The molecule has 1 N–H and O–H groups in total. The highest BCUT2D eigenvalue weighted by atomic mass is 32.1. The van der Waals surface area contributed by atoms with Crippen LogP contribution in [-0.2, 0) is 34.0 Å². The van der Waals surface area contributed by atoms with Crippen LogP contribution in [-0.4, -0.2) is 77.9 Å². The van der Waals surface area contributed by atoms with E-state index in [2.05, 4.69) is 27.2 Å². The van der Waals surface area contributed by atoms with Crippen LogP contribution < -0.4 is 5.32 Å². The molecule has 3 aliphatic rings. The molecule has 1 aromatic carbocycles. The second-order valence-corrected chi connectivity index (χ2v) is 10.8. The van der Waals surface area contributed by atoms with E-state index in [-0.39, 0.29) is 18.4 Å². The summed E-state index contributed by atoms with van der Waals surface area (Å²) >= 11 is 1.88. The second-order valence-electron chi connectivity index (χ2n) is 9.55. The number of amides is 2. The van der Waals surface area contributed by atoms with E-state index in [0.29, 0.717) is 19.7 Å². The zero-order valence-corrected chi connectivity index (χ0v) is 20.5. The van der Waals surface area contributed by atoms with Gasteiger partial charge >= 0.3 is 0 Å². The minimum atomic E-state index is -0.603. The molecule has 3 fully saturated rings. The zero-order valence-electron chi connectivity index (χ0n) is 19.7. The Bertz CT molecular complexity index is 975. The Balaban J connectivity index is 1.11. The topological polar surface area (TPSA) is 65.1 Å². The van der Waals surface area contributed by atoms with Crippen molar-refractivity contribution >= 4 is 23.2 Å². The van der Waals surface area contributed by atoms with Crippen LogP contribution in [0.5, 0.6) is 0 Å². The molecule has 2 atom stereocenters. The van der Waals surface area contributed by atoms with Crippen LogP contribution in [0.2, 0.25) is 0 Å². The Morgan fingerprint density at radius 2 is 1.62 bits per heavy atom. The molecule has 3 saturated heterocycles. The number of piperidine rings is 1. The van der Waals surface area contributed by atoms with Gasteiger partial charge in [-0.1, -0.05) is 36.8 Å². The first-order chi connectivity index (χ1) is 16.7. The fraction of sp³-hybridized carbons (Fsp3) is 0.538. The Morgan fingerprint density at radius 3 is 2.38 bits per heavy atom. The molecule has 182 valence electrons. The van der Waals surface area contributed by atoms with Gasteiger partial charge in [0, 0.05) is 42.5 Å². The average molecular weight is 483 g/mol. The maximum absolute atomic E-state index is 13.0. The fourth-order valence-electron chi connectivity index (χ4n) is 5.13. The number of likely N-dealkylation sites (tertiary alicyclic amines) is 1. The van der Waals surface area contributed by atoms with E-state index in [9.17, 15) is 9.59 Å². The largest absolute Gasteiger partial charge is 0.374 e. The molecule has 4 heterocycles. The van der Waals surface area contributed by atoms with Crippen molar-refractivity contribution in [1.29, 1.82) is 0 Å². The highest BCUT2D eigenvalue weighted by molar-refractivity contribution is 7.11. The van der Waals surface area contributed by atoms with E-state index in [1.54, 1.807) is 4.90 Å². The second kappa shape index (κ2) is 11.0. The van der Waals surface area contributed by atoms with E-state index < -0.39 is 12.1 Å². The third-order valence-corrected chi connectivity index (χ3v) is 8.04. The van der Waals surface area contributed by atoms with Crippen LogP contribution in [0.15, 0.2) is 42.5 Å². The summed E-state index contributed by atoms with van der Waals surface area (Å²) in [5, 5.41) is 2.90. The van der Waals surface area contributed by atoms with E-state index in [1.165, 1.54) is 42.1 Å². The number of carbonyl (C=O) groups excluding carboxylic acids is 2. The van der Waals surface area contributed by atoms with E-state index in [0.717, 1.165) is 25.2 Å². The lowest BCUT2D eigenvalue weighted by Crippen LogP contribution is -2.69. The van der Waals surface area contributed by atoms with Crippen LogP contribution in [0.3, 0.4) is 0 Å². The molecule has 8 heteroatoms. The van der Waals surface area contributed by atoms with Gasteiger partial charge in [0.05, 0.1) is 13.2 Å². The van der Waals surface area contributed by atoms with Crippen molar-refractivity contribution in [1.82, 2.24) is 20.0 Å². The number of thiophene rings is 1. The molecule has 7 nitrogen and oxygen atoms in total. The number of fused-ring (bicyclic) bond motifs is 1. The number of nitrogens with one attached hydrogen (secondary N) is 1. The number of hydrogen-bond donors (Lipinski definition) is 1. The van der Waals surface area contributed by atoms with Crippen LogP contribution in [0.25, 0.3) is 0 Å². The van der Waals surface area contributed by atoms with Crippen LogP contribution >= 0.6 is 11.3 Å². The lowest BCUT2D eigenvalue weighted by atomic mass is 10.0. The lowest BCUT2D eigenvalue weighted by Gasteiger charge is -2.45. The molecular formula is C26H34N4O3S. The van der Waals surface area contributed by atoms with Crippen LogP contribution in [0, 0.1) is 0 Å². The molecule has 0 spiro atoms. The predicted octanol–water partition coefficient (Wildman–Crippen LogP) is 2.46. The minimum Gasteiger partial charge on any atom is -0.374 e. The number of ether oxygens (including phenoxy) is 1. The molecular weight excluding hydrogens is 448 g/mol. The molecule has 0 saturated carbocycles. The van der Waals surface area contributed by atoms with E-state index >= 15 is 0 Å². The maximum atomic E-state index is 13.0. The molecule has 3 aliphatic heterocycles. The number of nitrogens with zero attached hydrogens (tertiary/aromatic N) is 3. The number of hydrogen-bond acceptors (Lipinski definition) is 6. The first kappa shape index (κ1) is 23.5. The van der Waals surface area contributed by atoms with Gasteiger partial charge in [-0.3, -0.25) is 19.4 Å². The standard InChI is InChI=1S/C26H34N4O3S/c31-25-24-17-29(16-22-10-9-21(34-22)15-28-11-5-2-6-12-28)13-14-30(24)26(32)23(27-25)19-33-18-20-7-3-1-4-8-20/h1,3-4,7-10,23-24H,2,5-6,11-19H2,(H,27,31)/t23-,24+/m0/s1. The van der Waals surface area contributed by atoms with Gasteiger partial charge in [-0.2, -0.15) is 0 Å². The Hall–Kier alpha value is -2.26. The number of rotatable bonds is 8. The van der Waals surface area contributed by atoms with E-state index in [4.69, 9.17) is 4.74 Å². The van der Waals surface area contributed by atoms with Crippen molar-refractivity contribution in [2.45, 2.75) is 51.0 Å². The van der Waals surface area contributed by atoms with E-state index in [1.807, 2.05) is 41.7 Å². The van der Waals surface area contributed by atoms with Crippen molar-refractivity contribution < 1.29 is 14.3 Å². The van der Waals surface area contributed by atoms with Gasteiger partial charge in [0.15, 0.2) is 0 Å². The smallest absolute Gasteiger partial charge is 0.248 e. The van der Waals surface area contributed by atoms with Gasteiger partial charge < -0.3 is 15.0 Å². The summed E-state index contributed by atoms with van der Waals surface area (Å²) in [6.45, 7) is 6.86. The third kappa shape index (κ3) is 5.68. The quantitative estimate of drug-likeness (QED) is 0.626. The number of benzene rings is 1. The Labute approximate surface area is 205 Å². The zero-order chi connectivity index (χ0) is 23.3. The summed E-state index contributed by atoms with van der Waals surface area (Å²) in [6, 6.07) is 13.3. The average Bonchev–Trinajstić information content (AvgIpc) is 3.30. The molecule has 2 aromatic rings. The molecule has 2 amide bonds. The molecule has 5 rings (SSSR count). The Kier molecular flexibility index (Phi) is 7.59. The van der Waals surface area contributed by atoms with Crippen molar-refractivity contribution in [3.05, 3.63) is 57.8 Å². The first-order valence-corrected chi connectivity index (χ1v) is 13.2.